The smallest absolute Gasteiger partial charge is 0.241 e. The van der Waals surface area contributed by atoms with Gasteiger partial charge in [0, 0.05) is 24.1 Å². The van der Waals surface area contributed by atoms with E-state index in [4.69, 9.17) is 4.74 Å². The highest BCUT2D eigenvalue weighted by atomic mass is 79.9. The molecule has 0 radical (unpaired) electrons. The maximum Gasteiger partial charge on any atom is 0.241 e. The Morgan fingerprint density at radius 2 is 1.68 bits per heavy atom. The number of nitrogens with zero attached hydrogens (tertiary/aromatic N) is 1. The van der Waals surface area contributed by atoms with E-state index in [1.807, 2.05) is 30.3 Å². The summed E-state index contributed by atoms with van der Waals surface area (Å²) in [5.74, 6) is 0. The lowest BCUT2D eigenvalue weighted by Gasteiger charge is -2.31. The molecule has 1 aliphatic rings. The standard InChI is InChI=1S/C18H21BrN2O3S/c19-16-6-8-17(9-7-16)25(22,23)20-18(15-4-2-1-3-5-15)14-21-10-12-24-13-11-21/h1-9,18,20H,10-14H2. The Kier molecular flexibility index (Phi) is 6.24. The van der Waals surface area contributed by atoms with Crippen molar-refractivity contribution in [1.82, 2.24) is 9.62 Å². The first kappa shape index (κ1) is 18.5. The zero-order chi connectivity index (χ0) is 17.7. The summed E-state index contributed by atoms with van der Waals surface area (Å²) in [5, 5.41) is 0. The fourth-order valence-corrected chi connectivity index (χ4v) is 4.29. The molecule has 1 heterocycles. The van der Waals surface area contributed by atoms with Crippen molar-refractivity contribution >= 4 is 26.0 Å². The van der Waals surface area contributed by atoms with Crippen LogP contribution in [0.1, 0.15) is 11.6 Å². The highest BCUT2D eigenvalue weighted by molar-refractivity contribution is 9.10. The lowest BCUT2D eigenvalue weighted by molar-refractivity contribution is 0.0345. The van der Waals surface area contributed by atoms with Crippen molar-refractivity contribution in [2.45, 2.75) is 10.9 Å². The van der Waals surface area contributed by atoms with Crippen LogP contribution < -0.4 is 4.72 Å². The van der Waals surface area contributed by atoms with Crippen LogP contribution >= 0.6 is 15.9 Å². The van der Waals surface area contributed by atoms with Crippen LogP contribution in [-0.2, 0) is 14.8 Å². The van der Waals surface area contributed by atoms with Crippen molar-refractivity contribution in [3.05, 3.63) is 64.6 Å². The highest BCUT2D eigenvalue weighted by Crippen LogP contribution is 2.20. The molecule has 5 nitrogen and oxygen atoms in total. The zero-order valence-electron chi connectivity index (χ0n) is 13.8. The molecule has 1 fully saturated rings. The van der Waals surface area contributed by atoms with Gasteiger partial charge in [0.15, 0.2) is 0 Å². The summed E-state index contributed by atoms with van der Waals surface area (Å²) in [7, 11) is -3.60. The highest BCUT2D eigenvalue weighted by Gasteiger charge is 2.24. The van der Waals surface area contributed by atoms with Crippen molar-refractivity contribution in [2.75, 3.05) is 32.8 Å². The number of rotatable bonds is 6. The van der Waals surface area contributed by atoms with Crippen LogP contribution in [0.3, 0.4) is 0 Å². The fraction of sp³-hybridized carbons (Fsp3) is 0.333. The number of morpholine rings is 1. The van der Waals surface area contributed by atoms with Gasteiger partial charge in [-0.15, -0.1) is 0 Å². The number of hydrogen-bond acceptors (Lipinski definition) is 4. The van der Waals surface area contributed by atoms with Crippen LogP contribution in [0.15, 0.2) is 64.0 Å². The van der Waals surface area contributed by atoms with E-state index >= 15 is 0 Å². The van der Waals surface area contributed by atoms with Crippen molar-refractivity contribution < 1.29 is 13.2 Å². The molecule has 7 heteroatoms. The molecule has 134 valence electrons. The van der Waals surface area contributed by atoms with Crippen LogP contribution in [0, 0.1) is 0 Å². The Balaban J connectivity index is 1.82. The predicted molar refractivity (Wildman–Crippen MR) is 101 cm³/mol. The van der Waals surface area contributed by atoms with E-state index in [9.17, 15) is 8.42 Å². The summed E-state index contributed by atoms with van der Waals surface area (Å²) in [4.78, 5) is 2.49. The average Bonchev–Trinajstić information content (AvgIpc) is 2.63. The molecule has 3 rings (SSSR count). The van der Waals surface area contributed by atoms with Gasteiger partial charge in [0.1, 0.15) is 0 Å². The summed E-state index contributed by atoms with van der Waals surface area (Å²) in [6, 6.07) is 16.0. The van der Waals surface area contributed by atoms with Gasteiger partial charge in [-0.1, -0.05) is 46.3 Å². The Labute approximate surface area is 157 Å². The van der Waals surface area contributed by atoms with Gasteiger partial charge in [-0.3, -0.25) is 4.90 Å². The quantitative estimate of drug-likeness (QED) is 0.774. The molecule has 1 aliphatic heterocycles. The van der Waals surface area contributed by atoms with Gasteiger partial charge in [0.05, 0.1) is 24.2 Å². The molecule has 1 unspecified atom stereocenters. The molecule has 0 spiro atoms. The minimum Gasteiger partial charge on any atom is -0.379 e. The first-order valence-electron chi connectivity index (χ1n) is 8.17. The lowest BCUT2D eigenvalue weighted by atomic mass is 10.1. The molecule has 2 aromatic rings. The second-order valence-corrected chi connectivity index (χ2v) is 8.58. The fourth-order valence-electron chi connectivity index (χ4n) is 2.81. The van der Waals surface area contributed by atoms with Gasteiger partial charge in [-0.2, -0.15) is 0 Å². The SMILES string of the molecule is O=S(=O)(NC(CN1CCOCC1)c1ccccc1)c1ccc(Br)cc1. The number of hydrogen-bond donors (Lipinski definition) is 1. The van der Waals surface area contributed by atoms with E-state index in [0.717, 1.165) is 23.1 Å². The largest absolute Gasteiger partial charge is 0.379 e. The van der Waals surface area contributed by atoms with Crippen molar-refractivity contribution in [3.8, 4) is 0 Å². The number of halogens is 1. The van der Waals surface area contributed by atoms with Crippen molar-refractivity contribution in [1.29, 1.82) is 0 Å². The van der Waals surface area contributed by atoms with Crippen molar-refractivity contribution in [3.63, 3.8) is 0 Å². The number of benzene rings is 2. The van der Waals surface area contributed by atoms with E-state index in [0.29, 0.717) is 19.8 Å². The Hall–Kier alpha value is -1.25. The van der Waals surface area contributed by atoms with E-state index in [1.54, 1.807) is 24.3 Å². The van der Waals surface area contributed by atoms with Gasteiger partial charge >= 0.3 is 0 Å². The van der Waals surface area contributed by atoms with Gasteiger partial charge in [0.25, 0.3) is 0 Å². The third-order valence-corrected chi connectivity index (χ3v) is 6.18. The van der Waals surface area contributed by atoms with E-state index in [-0.39, 0.29) is 10.9 Å². The molecular formula is C18H21BrN2O3S. The molecule has 1 atom stereocenters. The molecular weight excluding hydrogens is 404 g/mol. The molecule has 25 heavy (non-hydrogen) atoms. The maximum atomic E-state index is 12.8. The molecule has 0 bridgehead atoms. The van der Waals surface area contributed by atoms with Crippen LogP contribution in [0.4, 0.5) is 0 Å². The van der Waals surface area contributed by atoms with E-state index in [1.165, 1.54) is 0 Å². The van der Waals surface area contributed by atoms with Gasteiger partial charge in [-0.25, -0.2) is 13.1 Å². The van der Waals surface area contributed by atoms with E-state index < -0.39 is 10.0 Å². The maximum absolute atomic E-state index is 12.8. The van der Waals surface area contributed by atoms with Gasteiger partial charge in [0.2, 0.25) is 10.0 Å². The normalized spacial score (nSPS) is 17.3. The van der Waals surface area contributed by atoms with Gasteiger partial charge < -0.3 is 4.74 Å². The molecule has 0 amide bonds. The Morgan fingerprint density at radius 3 is 2.32 bits per heavy atom. The van der Waals surface area contributed by atoms with Crippen LogP contribution in [0.5, 0.6) is 0 Å². The second-order valence-electron chi connectivity index (χ2n) is 5.95. The molecule has 0 saturated carbocycles. The number of ether oxygens (including phenoxy) is 1. The van der Waals surface area contributed by atoms with Crippen LogP contribution in [0.25, 0.3) is 0 Å². The van der Waals surface area contributed by atoms with E-state index in [2.05, 4.69) is 25.6 Å². The number of sulfonamides is 1. The third kappa shape index (κ3) is 5.12. The molecule has 2 aromatic carbocycles. The summed E-state index contributed by atoms with van der Waals surface area (Å²) < 4.78 is 34.7. The minimum atomic E-state index is -3.60. The monoisotopic (exact) mass is 424 g/mol. The summed E-state index contributed by atoms with van der Waals surface area (Å²) in [6.07, 6.45) is 0. The molecule has 1 N–H and O–H groups in total. The summed E-state index contributed by atoms with van der Waals surface area (Å²) in [6.45, 7) is 3.60. The summed E-state index contributed by atoms with van der Waals surface area (Å²) in [5.41, 5.74) is 0.953. The zero-order valence-corrected chi connectivity index (χ0v) is 16.2. The molecule has 0 aliphatic carbocycles. The van der Waals surface area contributed by atoms with Crippen LogP contribution in [0.2, 0.25) is 0 Å². The van der Waals surface area contributed by atoms with Gasteiger partial charge in [-0.05, 0) is 29.8 Å². The topological polar surface area (TPSA) is 58.6 Å². The lowest BCUT2D eigenvalue weighted by Crippen LogP contribution is -2.43. The van der Waals surface area contributed by atoms with Crippen LogP contribution in [-0.4, -0.2) is 46.2 Å². The number of nitrogens with one attached hydrogen (secondary N) is 1. The molecule has 1 saturated heterocycles. The Bertz CT molecular complexity index is 776. The summed E-state index contributed by atoms with van der Waals surface area (Å²) >= 11 is 3.33. The van der Waals surface area contributed by atoms with Crippen molar-refractivity contribution in [2.24, 2.45) is 0 Å². The first-order valence-corrected chi connectivity index (χ1v) is 10.5. The average molecular weight is 425 g/mol. The first-order chi connectivity index (χ1) is 12.0. The third-order valence-electron chi connectivity index (χ3n) is 4.17. The predicted octanol–water partition coefficient (Wildman–Crippen LogP) is 2.80. The molecule has 0 aromatic heterocycles. The Morgan fingerprint density at radius 1 is 1.04 bits per heavy atom. The second kappa shape index (κ2) is 8.42. The minimum absolute atomic E-state index is 0.263.